The molecule has 0 bridgehead atoms. The van der Waals surface area contributed by atoms with Crippen LogP contribution in [0.1, 0.15) is 25.3 Å². The second kappa shape index (κ2) is 8.09. The summed E-state index contributed by atoms with van der Waals surface area (Å²) in [6.07, 6.45) is 2.98. The van der Waals surface area contributed by atoms with Crippen molar-refractivity contribution in [3.8, 4) is 5.75 Å². The van der Waals surface area contributed by atoms with Gasteiger partial charge >= 0.3 is 0 Å². The first-order valence-corrected chi connectivity index (χ1v) is 6.18. The van der Waals surface area contributed by atoms with Crippen LogP contribution < -0.4 is 10.5 Å². The molecule has 0 saturated carbocycles. The van der Waals surface area contributed by atoms with E-state index < -0.39 is 0 Å². The first kappa shape index (κ1) is 14.0. The predicted octanol–water partition coefficient (Wildman–Crippen LogP) is 2.38. The first-order valence-electron chi connectivity index (χ1n) is 6.18. The van der Waals surface area contributed by atoms with E-state index in [4.69, 9.17) is 15.2 Å². The molecule has 1 unspecified atom stereocenters. The van der Waals surface area contributed by atoms with Crippen LogP contribution in [-0.4, -0.2) is 26.4 Å². The van der Waals surface area contributed by atoms with Crippen LogP contribution in [0.5, 0.6) is 5.75 Å². The van der Waals surface area contributed by atoms with Gasteiger partial charge in [0.2, 0.25) is 0 Å². The Labute approximate surface area is 104 Å². The fourth-order valence-electron chi connectivity index (χ4n) is 1.63. The van der Waals surface area contributed by atoms with Crippen LogP contribution in [0.15, 0.2) is 24.3 Å². The lowest BCUT2D eigenvalue weighted by Gasteiger charge is -2.08. The van der Waals surface area contributed by atoms with E-state index in [1.54, 1.807) is 7.11 Å². The minimum atomic E-state index is 0.204. The number of ether oxygens (including phenoxy) is 2. The normalized spacial score (nSPS) is 12.4. The highest BCUT2D eigenvalue weighted by atomic mass is 16.5. The van der Waals surface area contributed by atoms with Crippen LogP contribution in [-0.2, 0) is 11.2 Å². The molecule has 1 rings (SSSR count). The van der Waals surface area contributed by atoms with E-state index in [-0.39, 0.29) is 6.04 Å². The van der Waals surface area contributed by atoms with Crippen LogP contribution in [0.2, 0.25) is 0 Å². The molecule has 0 amide bonds. The Balaban J connectivity index is 2.25. The molecule has 3 nitrogen and oxygen atoms in total. The standard InChI is InChI=1S/C14H23NO2/c1-12(15)11-13-5-7-14(8-6-13)17-10-4-3-9-16-2/h5-8,12H,3-4,9-11,15H2,1-2H3. The number of nitrogens with two attached hydrogens (primary N) is 1. The van der Waals surface area contributed by atoms with Crippen molar-refractivity contribution in [2.24, 2.45) is 5.73 Å². The molecule has 0 aliphatic heterocycles. The highest BCUT2D eigenvalue weighted by Gasteiger charge is 1.99. The Morgan fingerprint density at radius 1 is 1.12 bits per heavy atom. The Morgan fingerprint density at radius 2 is 1.76 bits per heavy atom. The summed E-state index contributed by atoms with van der Waals surface area (Å²) in [7, 11) is 1.72. The second-order valence-electron chi connectivity index (χ2n) is 4.37. The lowest BCUT2D eigenvalue weighted by atomic mass is 10.1. The lowest BCUT2D eigenvalue weighted by Crippen LogP contribution is -2.17. The third-order valence-corrected chi connectivity index (χ3v) is 2.49. The van der Waals surface area contributed by atoms with E-state index in [2.05, 4.69) is 12.1 Å². The van der Waals surface area contributed by atoms with Crippen LogP contribution in [0.4, 0.5) is 0 Å². The SMILES string of the molecule is COCCCCOc1ccc(CC(C)N)cc1. The number of benzene rings is 1. The van der Waals surface area contributed by atoms with Crippen molar-refractivity contribution in [2.45, 2.75) is 32.2 Å². The molecule has 2 N–H and O–H groups in total. The average molecular weight is 237 g/mol. The van der Waals surface area contributed by atoms with Gasteiger partial charge in [-0.15, -0.1) is 0 Å². The molecular weight excluding hydrogens is 214 g/mol. The van der Waals surface area contributed by atoms with E-state index in [1.165, 1.54) is 5.56 Å². The quantitative estimate of drug-likeness (QED) is 0.706. The Bertz CT molecular complexity index is 296. The summed E-state index contributed by atoms with van der Waals surface area (Å²) in [4.78, 5) is 0. The fourth-order valence-corrected chi connectivity index (χ4v) is 1.63. The zero-order valence-electron chi connectivity index (χ0n) is 10.8. The number of hydrogen-bond donors (Lipinski definition) is 1. The van der Waals surface area contributed by atoms with Gasteiger partial charge in [0.15, 0.2) is 0 Å². The van der Waals surface area contributed by atoms with E-state index in [0.717, 1.165) is 38.2 Å². The first-order chi connectivity index (χ1) is 8.22. The molecule has 0 aromatic heterocycles. The molecular formula is C14H23NO2. The monoisotopic (exact) mass is 237 g/mol. The summed E-state index contributed by atoms with van der Waals surface area (Å²) in [5.41, 5.74) is 7.00. The van der Waals surface area contributed by atoms with Crippen LogP contribution in [0.3, 0.4) is 0 Å². The highest BCUT2D eigenvalue weighted by molar-refractivity contribution is 5.27. The van der Waals surface area contributed by atoms with Gasteiger partial charge in [-0.05, 0) is 43.9 Å². The van der Waals surface area contributed by atoms with Gasteiger partial charge in [-0.1, -0.05) is 12.1 Å². The molecule has 1 atom stereocenters. The summed E-state index contributed by atoms with van der Waals surface area (Å²) in [5.74, 6) is 0.927. The Kier molecular flexibility index (Phi) is 6.67. The molecule has 0 heterocycles. The predicted molar refractivity (Wildman–Crippen MR) is 70.4 cm³/mol. The molecule has 3 heteroatoms. The van der Waals surface area contributed by atoms with Gasteiger partial charge in [-0.25, -0.2) is 0 Å². The molecule has 0 spiro atoms. The number of methoxy groups -OCH3 is 1. The third kappa shape index (κ3) is 6.29. The van der Waals surface area contributed by atoms with Gasteiger partial charge in [0, 0.05) is 19.8 Å². The van der Waals surface area contributed by atoms with Gasteiger partial charge in [-0.3, -0.25) is 0 Å². The van der Waals surface area contributed by atoms with Crippen molar-refractivity contribution in [3.05, 3.63) is 29.8 Å². The minimum absolute atomic E-state index is 0.204. The fraction of sp³-hybridized carbons (Fsp3) is 0.571. The summed E-state index contributed by atoms with van der Waals surface area (Å²) >= 11 is 0. The largest absolute Gasteiger partial charge is 0.494 e. The van der Waals surface area contributed by atoms with Crippen LogP contribution in [0, 0.1) is 0 Å². The van der Waals surface area contributed by atoms with Gasteiger partial charge in [0.05, 0.1) is 6.61 Å². The Morgan fingerprint density at radius 3 is 2.35 bits per heavy atom. The molecule has 17 heavy (non-hydrogen) atoms. The topological polar surface area (TPSA) is 44.5 Å². The van der Waals surface area contributed by atoms with Crippen molar-refractivity contribution in [1.82, 2.24) is 0 Å². The van der Waals surface area contributed by atoms with Crippen molar-refractivity contribution in [1.29, 1.82) is 0 Å². The Hall–Kier alpha value is -1.06. The van der Waals surface area contributed by atoms with E-state index in [9.17, 15) is 0 Å². The molecule has 1 aromatic rings. The summed E-state index contributed by atoms with van der Waals surface area (Å²) < 4.78 is 10.6. The molecule has 0 aliphatic carbocycles. The van der Waals surface area contributed by atoms with Crippen molar-refractivity contribution in [3.63, 3.8) is 0 Å². The number of hydrogen-bond acceptors (Lipinski definition) is 3. The van der Waals surface area contributed by atoms with Gasteiger partial charge < -0.3 is 15.2 Å². The molecule has 0 radical (unpaired) electrons. The summed E-state index contributed by atoms with van der Waals surface area (Å²) in [6.45, 7) is 3.56. The third-order valence-electron chi connectivity index (χ3n) is 2.49. The smallest absolute Gasteiger partial charge is 0.119 e. The maximum Gasteiger partial charge on any atom is 0.119 e. The maximum atomic E-state index is 5.75. The molecule has 0 aliphatic rings. The van der Waals surface area contributed by atoms with Crippen molar-refractivity contribution < 1.29 is 9.47 Å². The molecule has 96 valence electrons. The highest BCUT2D eigenvalue weighted by Crippen LogP contribution is 2.13. The molecule has 1 aromatic carbocycles. The van der Waals surface area contributed by atoms with E-state index >= 15 is 0 Å². The van der Waals surface area contributed by atoms with Gasteiger partial charge in [-0.2, -0.15) is 0 Å². The number of rotatable bonds is 8. The van der Waals surface area contributed by atoms with Crippen LogP contribution >= 0.6 is 0 Å². The molecule has 0 fully saturated rings. The lowest BCUT2D eigenvalue weighted by molar-refractivity contribution is 0.184. The van der Waals surface area contributed by atoms with E-state index in [1.807, 2.05) is 19.1 Å². The second-order valence-corrected chi connectivity index (χ2v) is 4.37. The summed E-state index contributed by atoms with van der Waals surface area (Å²) in [5, 5.41) is 0. The average Bonchev–Trinajstić information content (AvgIpc) is 2.30. The van der Waals surface area contributed by atoms with Gasteiger partial charge in [0.1, 0.15) is 5.75 Å². The molecule has 0 saturated heterocycles. The van der Waals surface area contributed by atoms with Crippen molar-refractivity contribution >= 4 is 0 Å². The van der Waals surface area contributed by atoms with Gasteiger partial charge in [0.25, 0.3) is 0 Å². The van der Waals surface area contributed by atoms with E-state index in [0.29, 0.717) is 0 Å². The minimum Gasteiger partial charge on any atom is -0.494 e. The van der Waals surface area contributed by atoms with Crippen molar-refractivity contribution in [2.75, 3.05) is 20.3 Å². The zero-order chi connectivity index (χ0) is 12.5. The van der Waals surface area contributed by atoms with Crippen LogP contribution in [0.25, 0.3) is 0 Å². The summed E-state index contributed by atoms with van der Waals surface area (Å²) in [6, 6.07) is 8.37. The zero-order valence-corrected chi connectivity index (χ0v) is 10.8. The number of unbranched alkanes of at least 4 members (excludes halogenated alkanes) is 1. The maximum absolute atomic E-state index is 5.75.